The van der Waals surface area contributed by atoms with Gasteiger partial charge in [-0.3, -0.25) is 4.79 Å². The molecule has 7 heteroatoms. The molecule has 1 amide bonds. The molecule has 0 saturated carbocycles. The number of aliphatic imine (C=N–C) groups is 1. The number of amides is 1. The summed E-state index contributed by atoms with van der Waals surface area (Å²) in [4.78, 5) is 18.8. The lowest BCUT2D eigenvalue weighted by atomic mass is 10.0. The number of methoxy groups -OCH3 is 1. The van der Waals surface area contributed by atoms with E-state index in [-0.39, 0.29) is 17.9 Å². The number of hydrogen-bond donors (Lipinski definition) is 2. The van der Waals surface area contributed by atoms with Crippen molar-refractivity contribution < 1.29 is 14.3 Å². The van der Waals surface area contributed by atoms with E-state index in [2.05, 4.69) is 22.5 Å². The number of likely N-dealkylation sites (tertiary alicyclic amines) is 1. The molecular weight excluding hydrogens is 368 g/mol. The number of guanidine groups is 1. The molecule has 1 aromatic rings. The van der Waals surface area contributed by atoms with Crippen LogP contribution in [0.3, 0.4) is 0 Å². The third-order valence-corrected chi connectivity index (χ3v) is 4.87. The highest BCUT2D eigenvalue weighted by molar-refractivity contribution is 5.80. The van der Waals surface area contributed by atoms with Gasteiger partial charge in [-0.2, -0.15) is 0 Å². The van der Waals surface area contributed by atoms with Crippen LogP contribution in [0.15, 0.2) is 29.3 Å². The maximum atomic E-state index is 12.1. The molecule has 29 heavy (non-hydrogen) atoms. The average molecular weight is 405 g/mol. The van der Waals surface area contributed by atoms with Crippen LogP contribution in [0.25, 0.3) is 0 Å². The Morgan fingerprint density at radius 3 is 2.55 bits per heavy atom. The molecule has 1 aliphatic heterocycles. The van der Waals surface area contributed by atoms with E-state index < -0.39 is 0 Å². The number of benzene rings is 1. The molecule has 2 rings (SSSR count). The molecule has 0 spiro atoms. The second-order valence-corrected chi connectivity index (χ2v) is 7.73. The Labute approximate surface area is 174 Å². The molecule has 0 aliphatic carbocycles. The lowest BCUT2D eigenvalue weighted by Crippen LogP contribution is -2.50. The summed E-state index contributed by atoms with van der Waals surface area (Å²) in [7, 11) is 1.64. The van der Waals surface area contributed by atoms with E-state index in [0.717, 1.165) is 49.9 Å². The minimum Gasteiger partial charge on any atom is -0.497 e. The Morgan fingerprint density at radius 2 is 1.93 bits per heavy atom. The number of hydrogen-bond acceptors (Lipinski definition) is 4. The zero-order valence-corrected chi connectivity index (χ0v) is 18.4. The molecule has 1 fully saturated rings. The summed E-state index contributed by atoms with van der Waals surface area (Å²) in [6, 6.07) is 7.90. The predicted octanol–water partition coefficient (Wildman–Crippen LogP) is 2.66. The number of carbonyl (C=O) groups excluding carboxylic acids is 1. The van der Waals surface area contributed by atoms with Crippen LogP contribution in [0.4, 0.5) is 0 Å². The van der Waals surface area contributed by atoms with Crippen molar-refractivity contribution in [1.29, 1.82) is 0 Å². The first-order chi connectivity index (χ1) is 13.9. The summed E-state index contributed by atoms with van der Waals surface area (Å²) in [5.74, 6) is 2.64. The van der Waals surface area contributed by atoms with Crippen molar-refractivity contribution >= 4 is 11.9 Å². The van der Waals surface area contributed by atoms with Crippen LogP contribution in [0, 0.1) is 5.92 Å². The molecule has 0 radical (unpaired) electrons. The van der Waals surface area contributed by atoms with Gasteiger partial charge in [-0.05, 0) is 38.8 Å². The zero-order chi connectivity index (χ0) is 21.2. The van der Waals surface area contributed by atoms with E-state index in [9.17, 15) is 4.79 Å². The van der Waals surface area contributed by atoms with Crippen LogP contribution < -0.4 is 20.1 Å². The van der Waals surface area contributed by atoms with Crippen molar-refractivity contribution in [3.8, 4) is 11.5 Å². The van der Waals surface area contributed by atoms with Gasteiger partial charge in [-0.25, -0.2) is 4.99 Å². The van der Waals surface area contributed by atoms with Crippen molar-refractivity contribution in [2.24, 2.45) is 10.9 Å². The summed E-state index contributed by atoms with van der Waals surface area (Å²) in [5, 5.41) is 6.81. The first-order valence-electron chi connectivity index (χ1n) is 10.6. The largest absolute Gasteiger partial charge is 0.497 e. The maximum absolute atomic E-state index is 12.1. The van der Waals surface area contributed by atoms with Crippen molar-refractivity contribution in [2.45, 2.75) is 52.7 Å². The molecule has 1 saturated heterocycles. The Balaban J connectivity index is 1.85. The van der Waals surface area contributed by atoms with Crippen LogP contribution in [-0.4, -0.2) is 62.2 Å². The minimum absolute atomic E-state index is 0.0597. The number of carbonyl (C=O) groups is 1. The second kappa shape index (κ2) is 11.5. The van der Waals surface area contributed by atoms with Gasteiger partial charge in [0, 0.05) is 37.7 Å². The lowest BCUT2D eigenvalue weighted by Gasteiger charge is -2.34. The number of piperidine rings is 1. The quantitative estimate of drug-likeness (QED) is 0.515. The molecule has 162 valence electrons. The highest BCUT2D eigenvalue weighted by Gasteiger charge is 2.24. The SMILES string of the molecule is CCNC(=NCC(C)Oc1cccc(OC)c1)NC1CCN(C(=O)C(C)C)CC1. The van der Waals surface area contributed by atoms with E-state index in [1.54, 1.807) is 7.11 Å². The van der Waals surface area contributed by atoms with Gasteiger partial charge in [0.05, 0.1) is 13.7 Å². The molecule has 1 unspecified atom stereocenters. The van der Waals surface area contributed by atoms with E-state index in [1.807, 2.05) is 49.9 Å². The third-order valence-electron chi connectivity index (χ3n) is 4.87. The number of nitrogens with zero attached hydrogens (tertiary/aromatic N) is 2. The highest BCUT2D eigenvalue weighted by Crippen LogP contribution is 2.20. The molecule has 1 aromatic carbocycles. The summed E-state index contributed by atoms with van der Waals surface area (Å²) in [5.41, 5.74) is 0. The Kier molecular flexibility index (Phi) is 9.09. The first kappa shape index (κ1) is 22.8. The lowest BCUT2D eigenvalue weighted by molar-refractivity contribution is -0.135. The Hall–Kier alpha value is -2.44. The van der Waals surface area contributed by atoms with Crippen LogP contribution in [0.5, 0.6) is 11.5 Å². The average Bonchev–Trinajstić information content (AvgIpc) is 2.72. The monoisotopic (exact) mass is 404 g/mol. The Morgan fingerprint density at radius 1 is 1.24 bits per heavy atom. The van der Waals surface area contributed by atoms with E-state index >= 15 is 0 Å². The molecule has 1 aliphatic rings. The standard InChI is InChI=1S/C22H36N4O3/c1-6-23-22(25-18-10-12-26(13-11-18)21(27)16(2)3)24-15-17(4)29-20-9-7-8-19(14-20)28-5/h7-9,14,16-18H,6,10-13,15H2,1-5H3,(H2,23,24,25). The van der Waals surface area contributed by atoms with Crippen molar-refractivity contribution in [3.05, 3.63) is 24.3 Å². The number of rotatable bonds is 8. The van der Waals surface area contributed by atoms with Gasteiger partial charge in [-0.1, -0.05) is 19.9 Å². The van der Waals surface area contributed by atoms with Crippen LogP contribution >= 0.6 is 0 Å². The molecule has 1 heterocycles. The Bertz CT molecular complexity index is 670. The predicted molar refractivity (Wildman–Crippen MR) is 117 cm³/mol. The highest BCUT2D eigenvalue weighted by atomic mass is 16.5. The number of ether oxygens (including phenoxy) is 2. The fraction of sp³-hybridized carbons (Fsp3) is 0.636. The van der Waals surface area contributed by atoms with Gasteiger partial charge < -0.3 is 25.0 Å². The van der Waals surface area contributed by atoms with Crippen LogP contribution in [-0.2, 0) is 4.79 Å². The van der Waals surface area contributed by atoms with Gasteiger partial charge >= 0.3 is 0 Å². The minimum atomic E-state index is -0.0666. The van der Waals surface area contributed by atoms with Gasteiger partial charge in [0.2, 0.25) is 5.91 Å². The topological polar surface area (TPSA) is 75.2 Å². The maximum Gasteiger partial charge on any atom is 0.225 e. The summed E-state index contributed by atoms with van der Waals surface area (Å²) in [6.07, 6.45) is 1.79. The summed E-state index contributed by atoms with van der Waals surface area (Å²) < 4.78 is 11.2. The fourth-order valence-electron chi connectivity index (χ4n) is 3.29. The van der Waals surface area contributed by atoms with Gasteiger partial charge in [0.1, 0.15) is 17.6 Å². The fourth-order valence-corrected chi connectivity index (χ4v) is 3.29. The molecule has 0 bridgehead atoms. The first-order valence-corrected chi connectivity index (χ1v) is 10.6. The van der Waals surface area contributed by atoms with Crippen molar-refractivity contribution in [3.63, 3.8) is 0 Å². The van der Waals surface area contributed by atoms with Gasteiger partial charge in [-0.15, -0.1) is 0 Å². The molecule has 2 N–H and O–H groups in total. The van der Waals surface area contributed by atoms with Gasteiger partial charge in [0.25, 0.3) is 0 Å². The number of nitrogens with one attached hydrogen (secondary N) is 2. The van der Waals surface area contributed by atoms with E-state index in [0.29, 0.717) is 12.6 Å². The second-order valence-electron chi connectivity index (χ2n) is 7.73. The summed E-state index contributed by atoms with van der Waals surface area (Å²) >= 11 is 0. The van der Waals surface area contributed by atoms with E-state index in [1.165, 1.54) is 0 Å². The van der Waals surface area contributed by atoms with Crippen molar-refractivity contribution in [2.75, 3.05) is 33.3 Å². The van der Waals surface area contributed by atoms with Crippen molar-refractivity contribution in [1.82, 2.24) is 15.5 Å². The molecule has 1 atom stereocenters. The summed E-state index contributed by atoms with van der Waals surface area (Å²) in [6.45, 7) is 10.9. The zero-order valence-electron chi connectivity index (χ0n) is 18.4. The molecule has 7 nitrogen and oxygen atoms in total. The normalized spacial score (nSPS) is 16.5. The molecule has 0 aromatic heterocycles. The van der Waals surface area contributed by atoms with E-state index in [4.69, 9.17) is 9.47 Å². The third kappa shape index (κ3) is 7.48. The van der Waals surface area contributed by atoms with Gasteiger partial charge in [0.15, 0.2) is 5.96 Å². The molecular formula is C22H36N4O3. The smallest absolute Gasteiger partial charge is 0.225 e. The van der Waals surface area contributed by atoms with Crippen LogP contribution in [0.1, 0.15) is 40.5 Å². The van der Waals surface area contributed by atoms with Crippen LogP contribution in [0.2, 0.25) is 0 Å².